The summed E-state index contributed by atoms with van der Waals surface area (Å²) in [6, 6.07) is 52.8. The molecule has 0 amide bonds. The van der Waals surface area contributed by atoms with Gasteiger partial charge in [0, 0.05) is 61.6 Å². The number of nitrogens with zero attached hydrogens (tertiary/aromatic N) is 3. The fourth-order valence-corrected chi connectivity index (χ4v) is 11.0. The Kier molecular flexibility index (Phi) is 15.4. The summed E-state index contributed by atoms with van der Waals surface area (Å²) in [7, 11) is -3.69. The van der Waals surface area contributed by atoms with E-state index >= 15 is 0 Å². The summed E-state index contributed by atoms with van der Waals surface area (Å²) in [6.45, 7) is 15.3. The molecule has 7 aromatic rings. The topological polar surface area (TPSA) is 108 Å². The number of para-hydroxylation sites is 2. The van der Waals surface area contributed by atoms with Gasteiger partial charge in [-0.2, -0.15) is 18.4 Å². The van der Waals surface area contributed by atoms with Gasteiger partial charge in [0.1, 0.15) is 0 Å². The molecule has 11 rings (SSSR count). The van der Waals surface area contributed by atoms with Gasteiger partial charge >= 0.3 is 0 Å². The molecule has 2 saturated heterocycles. The number of fused-ring (bicyclic) bond motifs is 4. The van der Waals surface area contributed by atoms with E-state index in [0.29, 0.717) is 5.71 Å². The second-order valence-electron chi connectivity index (χ2n) is 16.7. The first-order valence-electron chi connectivity index (χ1n) is 22.8. The number of halogens is 1. The van der Waals surface area contributed by atoms with Gasteiger partial charge in [0.2, 0.25) is 0 Å². The molecule has 0 aliphatic carbocycles. The zero-order valence-electron chi connectivity index (χ0n) is 38.5. The van der Waals surface area contributed by atoms with Crippen LogP contribution in [0.15, 0.2) is 198 Å². The van der Waals surface area contributed by atoms with Crippen LogP contribution in [-0.2, 0) is 19.5 Å². The lowest BCUT2D eigenvalue weighted by Gasteiger charge is -2.29. The van der Waals surface area contributed by atoms with E-state index in [1.54, 1.807) is 43.0 Å². The Bertz CT molecular complexity index is 3070. The average molecular weight is 1040 g/mol. The molecule has 3 N–H and O–H groups in total. The molecule has 0 saturated carbocycles. The van der Waals surface area contributed by atoms with Gasteiger partial charge in [-0.15, -0.1) is 0 Å². The Morgan fingerprint density at radius 2 is 1.04 bits per heavy atom. The predicted octanol–water partition coefficient (Wildman–Crippen LogP) is 13.0. The predicted molar refractivity (Wildman–Crippen MR) is 289 cm³/mol. The van der Waals surface area contributed by atoms with Crippen molar-refractivity contribution in [1.29, 1.82) is 0 Å². The van der Waals surface area contributed by atoms with E-state index in [-0.39, 0.29) is 4.90 Å². The van der Waals surface area contributed by atoms with E-state index in [9.17, 15) is 8.42 Å². The molecule has 0 aromatic heterocycles. The van der Waals surface area contributed by atoms with Gasteiger partial charge in [-0.25, -0.2) is 0 Å². The van der Waals surface area contributed by atoms with E-state index in [1.807, 2.05) is 55.1 Å². The quantitative estimate of drug-likeness (QED) is 0.101. The molecule has 7 aromatic carbocycles. The van der Waals surface area contributed by atoms with Crippen molar-refractivity contribution < 1.29 is 17.9 Å². The maximum atomic E-state index is 12.4. The third kappa shape index (κ3) is 12.1. The molecule has 4 aliphatic heterocycles. The summed E-state index contributed by atoms with van der Waals surface area (Å²) in [5.74, 6) is 0. The van der Waals surface area contributed by atoms with Gasteiger partial charge in [0.05, 0.1) is 59.8 Å². The molecule has 352 valence electrons. The third-order valence-corrected chi connectivity index (χ3v) is 16.0. The molecular weight excluding hydrogens is 985 g/mol. The molecule has 0 radical (unpaired) electrons. The molecule has 69 heavy (non-hydrogen) atoms. The van der Waals surface area contributed by atoms with Crippen molar-refractivity contribution in [2.24, 2.45) is 5.10 Å². The number of sulfonamides is 1. The highest BCUT2D eigenvalue weighted by Gasteiger charge is 2.19. The smallest absolute Gasteiger partial charge is 0.276 e. The van der Waals surface area contributed by atoms with Crippen molar-refractivity contribution >= 4 is 94.9 Å². The number of hydrogen-bond acceptors (Lipinski definition) is 11. The normalized spacial score (nSPS) is 14.9. The first kappa shape index (κ1) is 48.0. The summed E-state index contributed by atoms with van der Waals surface area (Å²) in [4.78, 5) is 12.0. The lowest BCUT2D eigenvalue weighted by atomic mass is 9.98. The van der Waals surface area contributed by atoms with Gasteiger partial charge in [0.15, 0.2) is 0 Å². The summed E-state index contributed by atoms with van der Waals surface area (Å²) in [5, 5.41) is 11.1. The first-order chi connectivity index (χ1) is 33.6. The Morgan fingerprint density at radius 3 is 1.58 bits per heavy atom. The van der Waals surface area contributed by atoms with Gasteiger partial charge in [-0.3, -0.25) is 0 Å². The number of rotatable bonds is 8. The van der Waals surface area contributed by atoms with E-state index in [4.69, 9.17) is 9.47 Å². The fourth-order valence-electron chi connectivity index (χ4n) is 7.99. The van der Waals surface area contributed by atoms with Crippen LogP contribution in [-0.4, -0.2) is 66.7 Å². The standard InChI is InChI=1S/C24H22N2OS.C21H19N3O2S2.C10H12BrNO/c1-17(18-6-9-20(10-7-18)26-12-14-27-15-13-26)19-8-11-24-22(16-19)25-21-4-2-3-5-23(21)28-24;1-14-7-10-17(11-8-14)28(25,26)24-23-15(2)16-9-12-21-19(13-16)22-18-5-3-4-6-20(18)27-21;11-9-1-3-10(4-2-9)12-5-7-13-8-6-12/h2-11,16,25H,1,12-15H2;3-13,22,24H,1-2H3;1-4H,5-8H2/b;23-15+;. The summed E-state index contributed by atoms with van der Waals surface area (Å²) >= 11 is 6.94. The van der Waals surface area contributed by atoms with Crippen LogP contribution in [0.3, 0.4) is 0 Å². The van der Waals surface area contributed by atoms with Crippen molar-refractivity contribution in [2.45, 2.75) is 38.3 Å². The molecule has 0 atom stereocenters. The molecule has 10 nitrogen and oxygen atoms in total. The van der Waals surface area contributed by atoms with Crippen LogP contribution in [0.5, 0.6) is 0 Å². The minimum atomic E-state index is -3.69. The van der Waals surface area contributed by atoms with Crippen molar-refractivity contribution in [2.75, 3.05) is 73.0 Å². The number of morpholine rings is 2. The molecule has 0 bridgehead atoms. The van der Waals surface area contributed by atoms with Gasteiger partial charge in [-0.05, 0) is 133 Å². The minimum Gasteiger partial charge on any atom is -0.378 e. The van der Waals surface area contributed by atoms with E-state index in [1.165, 1.54) is 26.1 Å². The second kappa shape index (κ2) is 22.2. The fraction of sp³-hybridized carbons (Fsp3) is 0.182. The van der Waals surface area contributed by atoms with Crippen molar-refractivity contribution in [1.82, 2.24) is 4.83 Å². The zero-order chi connectivity index (χ0) is 47.7. The molecule has 4 heterocycles. The second-order valence-corrected chi connectivity index (χ2v) is 21.4. The molecule has 2 fully saturated rings. The Balaban J connectivity index is 0.000000138. The summed E-state index contributed by atoms with van der Waals surface area (Å²) in [6.07, 6.45) is 0. The van der Waals surface area contributed by atoms with Crippen LogP contribution in [0.25, 0.3) is 5.57 Å². The zero-order valence-corrected chi connectivity index (χ0v) is 42.5. The highest BCUT2D eigenvalue weighted by atomic mass is 79.9. The van der Waals surface area contributed by atoms with E-state index in [2.05, 4.69) is 150 Å². The molecule has 4 aliphatic rings. The van der Waals surface area contributed by atoms with Crippen LogP contribution in [0.1, 0.15) is 29.2 Å². The third-order valence-electron chi connectivity index (χ3n) is 11.9. The van der Waals surface area contributed by atoms with Crippen LogP contribution in [0, 0.1) is 6.92 Å². The van der Waals surface area contributed by atoms with Gasteiger partial charge < -0.3 is 29.9 Å². The van der Waals surface area contributed by atoms with Crippen LogP contribution < -0.4 is 25.3 Å². The van der Waals surface area contributed by atoms with E-state index in [0.717, 1.165) is 113 Å². The van der Waals surface area contributed by atoms with Crippen LogP contribution >= 0.6 is 39.5 Å². The van der Waals surface area contributed by atoms with E-state index < -0.39 is 10.0 Å². The first-order valence-corrected chi connectivity index (χ1v) is 26.7. The Labute approximate surface area is 422 Å². The number of nitrogens with one attached hydrogen (secondary N) is 3. The molecular formula is C55H53BrN6O4S3. The molecule has 0 unspecified atom stereocenters. The highest BCUT2D eigenvalue weighted by molar-refractivity contribution is 9.10. The lowest BCUT2D eigenvalue weighted by Crippen LogP contribution is -2.36. The number of hydrogen-bond donors (Lipinski definition) is 3. The molecule has 0 spiro atoms. The van der Waals surface area contributed by atoms with Crippen LogP contribution in [0.2, 0.25) is 0 Å². The SMILES string of the molecule is Brc1ccc(N2CCOCC2)cc1.C/C(=N\NS(=O)(=O)c1ccc(C)cc1)c1ccc2c(c1)Nc1ccccc1S2.C=C(c1ccc(N2CCOCC2)cc1)c1ccc2c(c1)Nc1ccccc1S2. The molecule has 14 heteroatoms. The number of anilines is 6. The lowest BCUT2D eigenvalue weighted by molar-refractivity contribution is 0.122. The van der Waals surface area contributed by atoms with Crippen molar-refractivity contribution in [3.05, 3.63) is 191 Å². The number of hydrazone groups is 1. The Morgan fingerprint density at radius 1 is 0.594 bits per heavy atom. The minimum absolute atomic E-state index is 0.190. The Hall–Kier alpha value is -6.00. The van der Waals surface area contributed by atoms with Gasteiger partial charge in [0.25, 0.3) is 10.0 Å². The van der Waals surface area contributed by atoms with Crippen molar-refractivity contribution in [3.8, 4) is 0 Å². The maximum absolute atomic E-state index is 12.4. The highest BCUT2D eigenvalue weighted by Crippen LogP contribution is 2.46. The number of aryl methyl sites for hydroxylation is 1. The summed E-state index contributed by atoms with van der Waals surface area (Å²) in [5.41, 5.74) is 12.7. The largest absolute Gasteiger partial charge is 0.378 e. The van der Waals surface area contributed by atoms with Crippen molar-refractivity contribution in [3.63, 3.8) is 0 Å². The maximum Gasteiger partial charge on any atom is 0.276 e. The summed E-state index contributed by atoms with van der Waals surface area (Å²) < 4.78 is 36.7. The number of benzene rings is 7. The average Bonchev–Trinajstić information content (AvgIpc) is 3.39. The van der Waals surface area contributed by atoms with Crippen LogP contribution in [0.4, 0.5) is 34.1 Å². The van der Waals surface area contributed by atoms with Gasteiger partial charge in [-0.1, -0.05) is 112 Å². The number of ether oxygens (including phenoxy) is 2. The monoisotopic (exact) mass is 1040 g/mol.